The number of fused-ring (bicyclic) bond motifs is 3. The quantitative estimate of drug-likeness (QED) is 0.724. The normalized spacial score (nSPS) is 34.0. The summed E-state index contributed by atoms with van der Waals surface area (Å²) < 4.78 is 1.86. The Kier molecular flexibility index (Phi) is 4.86. The van der Waals surface area contributed by atoms with Gasteiger partial charge >= 0.3 is 0 Å². The molecule has 3 fully saturated rings. The zero-order valence-electron chi connectivity index (χ0n) is 18.7. The third-order valence-electron chi connectivity index (χ3n) is 8.43. The molecule has 31 heavy (non-hydrogen) atoms. The lowest BCUT2D eigenvalue weighted by atomic mass is 9.93. The Morgan fingerprint density at radius 1 is 1.03 bits per heavy atom. The lowest BCUT2D eigenvalue weighted by Crippen LogP contribution is -2.30. The average molecular weight is 419 g/mol. The van der Waals surface area contributed by atoms with Gasteiger partial charge in [0.05, 0.1) is 11.9 Å². The topological polar surface area (TPSA) is 58.9 Å². The van der Waals surface area contributed by atoms with Gasteiger partial charge in [0, 0.05) is 33.2 Å². The summed E-state index contributed by atoms with van der Waals surface area (Å²) in [4.78, 5) is 2.79. The van der Waals surface area contributed by atoms with Crippen LogP contribution in [0.3, 0.4) is 0 Å². The molecule has 2 saturated carbocycles. The second-order valence-corrected chi connectivity index (χ2v) is 10.6. The van der Waals surface area contributed by atoms with E-state index in [2.05, 4.69) is 50.7 Å². The average Bonchev–Trinajstić information content (AvgIpc) is 3.56. The molecule has 2 bridgehead atoms. The summed E-state index contributed by atoms with van der Waals surface area (Å²) in [6.45, 7) is 7.08. The molecule has 3 aliphatic carbocycles. The highest BCUT2D eigenvalue weighted by Gasteiger charge is 2.43. The molecule has 0 aromatic carbocycles. The number of allylic oxidation sites excluding steroid dienone is 2. The lowest BCUT2D eigenvalue weighted by molar-refractivity contribution is 0.234. The van der Waals surface area contributed by atoms with E-state index in [-0.39, 0.29) is 0 Å². The maximum absolute atomic E-state index is 4.44. The molecule has 0 spiro atoms. The van der Waals surface area contributed by atoms with Crippen LogP contribution in [0.2, 0.25) is 0 Å². The van der Waals surface area contributed by atoms with Gasteiger partial charge in [-0.15, -0.1) is 10.2 Å². The maximum atomic E-state index is 4.44. The molecule has 1 N–H and O–H groups in total. The second-order valence-electron chi connectivity index (χ2n) is 10.6. The molecule has 1 aliphatic heterocycles. The molecule has 3 unspecified atom stereocenters. The second kappa shape index (κ2) is 7.73. The molecule has 0 radical (unpaired) electrons. The molecule has 4 aliphatic rings. The van der Waals surface area contributed by atoms with Crippen molar-refractivity contribution in [3.8, 4) is 11.4 Å². The Labute approximate surface area is 185 Å². The highest BCUT2D eigenvalue weighted by Crippen LogP contribution is 2.46. The fourth-order valence-corrected chi connectivity index (χ4v) is 6.99. The largest absolute Gasteiger partial charge is 0.368 e. The smallest absolute Gasteiger partial charge is 0.148 e. The van der Waals surface area contributed by atoms with Crippen molar-refractivity contribution in [3.05, 3.63) is 36.0 Å². The van der Waals surface area contributed by atoms with E-state index < -0.39 is 0 Å². The van der Waals surface area contributed by atoms with Crippen molar-refractivity contribution in [2.24, 2.45) is 42.6 Å². The van der Waals surface area contributed by atoms with Crippen LogP contribution in [0.4, 0.5) is 5.82 Å². The fraction of sp³-hybridized carbons (Fsp3) is 0.640. The Hall–Kier alpha value is -2.21. The van der Waals surface area contributed by atoms with Gasteiger partial charge in [-0.3, -0.25) is 4.68 Å². The van der Waals surface area contributed by atoms with Crippen molar-refractivity contribution in [2.75, 3.05) is 31.5 Å². The molecule has 6 nitrogen and oxygen atoms in total. The first-order valence-corrected chi connectivity index (χ1v) is 12.1. The summed E-state index contributed by atoms with van der Waals surface area (Å²) in [5.41, 5.74) is 3.04. The summed E-state index contributed by atoms with van der Waals surface area (Å²) >= 11 is 0. The number of hydrogen-bond donors (Lipinski definition) is 1. The van der Waals surface area contributed by atoms with Crippen LogP contribution in [-0.2, 0) is 7.05 Å². The van der Waals surface area contributed by atoms with Crippen LogP contribution in [0.25, 0.3) is 11.4 Å². The lowest BCUT2D eigenvalue weighted by Gasteiger charge is -2.26. The molecular weight excluding hydrogens is 384 g/mol. The SMILES string of the molecule is Cc1cnn(C)c1-c1ccc(NC[C@@H]2C[C@@H]3CN(CC4CC5C=CC4C5)C[C@@H]3C2)nn1. The third-order valence-corrected chi connectivity index (χ3v) is 8.43. The fourth-order valence-electron chi connectivity index (χ4n) is 6.99. The van der Waals surface area contributed by atoms with Crippen molar-refractivity contribution < 1.29 is 0 Å². The van der Waals surface area contributed by atoms with E-state index in [1.165, 1.54) is 45.3 Å². The molecule has 2 aromatic rings. The Balaban J connectivity index is 0.984. The Morgan fingerprint density at radius 3 is 2.48 bits per heavy atom. The summed E-state index contributed by atoms with van der Waals surface area (Å²) in [6.07, 6.45) is 12.5. The predicted octanol–water partition coefficient (Wildman–Crippen LogP) is 3.77. The van der Waals surface area contributed by atoms with Crippen molar-refractivity contribution in [3.63, 3.8) is 0 Å². The monoisotopic (exact) mass is 418 g/mol. The molecule has 1 saturated heterocycles. The molecular formula is C25H34N6. The van der Waals surface area contributed by atoms with Crippen LogP contribution < -0.4 is 5.32 Å². The molecule has 2 aromatic heterocycles. The Morgan fingerprint density at radius 2 is 1.87 bits per heavy atom. The van der Waals surface area contributed by atoms with Crippen molar-refractivity contribution in [1.29, 1.82) is 0 Å². The van der Waals surface area contributed by atoms with E-state index in [1.807, 2.05) is 24.0 Å². The minimum absolute atomic E-state index is 0.767. The van der Waals surface area contributed by atoms with Crippen molar-refractivity contribution >= 4 is 5.82 Å². The molecule has 164 valence electrons. The zero-order chi connectivity index (χ0) is 20.9. The molecule has 3 heterocycles. The predicted molar refractivity (Wildman–Crippen MR) is 122 cm³/mol. The van der Waals surface area contributed by atoms with Gasteiger partial charge in [0.25, 0.3) is 0 Å². The molecule has 6 atom stereocenters. The van der Waals surface area contributed by atoms with Crippen LogP contribution in [0, 0.1) is 42.4 Å². The van der Waals surface area contributed by atoms with E-state index >= 15 is 0 Å². The minimum atomic E-state index is 0.767. The van der Waals surface area contributed by atoms with Gasteiger partial charge < -0.3 is 10.2 Å². The van der Waals surface area contributed by atoms with Crippen LogP contribution in [-0.4, -0.2) is 51.1 Å². The summed E-state index contributed by atoms with van der Waals surface area (Å²) in [6, 6.07) is 4.10. The van der Waals surface area contributed by atoms with Crippen molar-refractivity contribution in [1.82, 2.24) is 24.9 Å². The number of rotatable bonds is 6. The third kappa shape index (κ3) is 3.69. The van der Waals surface area contributed by atoms with Crippen molar-refractivity contribution in [2.45, 2.75) is 32.6 Å². The van der Waals surface area contributed by atoms with Gasteiger partial charge in [-0.1, -0.05) is 12.2 Å². The zero-order valence-corrected chi connectivity index (χ0v) is 18.7. The van der Waals surface area contributed by atoms with Gasteiger partial charge in [-0.25, -0.2) is 0 Å². The first-order valence-electron chi connectivity index (χ1n) is 12.1. The van der Waals surface area contributed by atoms with Crippen LogP contribution in [0.1, 0.15) is 31.2 Å². The van der Waals surface area contributed by atoms with E-state index in [1.54, 1.807) is 0 Å². The number of likely N-dealkylation sites (tertiary alicyclic amines) is 1. The summed E-state index contributed by atoms with van der Waals surface area (Å²) in [5, 5.41) is 16.7. The van der Waals surface area contributed by atoms with E-state index in [0.29, 0.717) is 0 Å². The first-order chi connectivity index (χ1) is 15.1. The van der Waals surface area contributed by atoms with Crippen LogP contribution in [0.15, 0.2) is 30.5 Å². The first kappa shape index (κ1) is 19.5. The number of nitrogens with one attached hydrogen (secondary N) is 1. The minimum Gasteiger partial charge on any atom is -0.368 e. The highest BCUT2D eigenvalue weighted by molar-refractivity contribution is 5.59. The van der Waals surface area contributed by atoms with Gasteiger partial charge in [-0.05, 0) is 85.8 Å². The van der Waals surface area contributed by atoms with E-state index in [9.17, 15) is 0 Å². The summed E-state index contributed by atoms with van der Waals surface area (Å²) in [7, 11) is 1.95. The van der Waals surface area contributed by atoms with E-state index in [4.69, 9.17) is 0 Å². The maximum Gasteiger partial charge on any atom is 0.148 e. The van der Waals surface area contributed by atoms with Gasteiger partial charge in [0.2, 0.25) is 0 Å². The number of aryl methyl sites for hydroxylation is 2. The van der Waals surface area contributed by atoms with Gasteiger partial charge in [0.15, 0.2) is 0 Å². The van der Waals surface area contributed by atoms with Crippen LogP contribution >= 0.6 is 0 Å². The number of hydrogen-bond acceptors (Lipinski definition) is 5. The molecule has 6 rings (SSSR count). The van der Waals surface area contributed by atoms with Crippen LogP contribution in [0.5, 0.6) is 0 Å². The van der Waals surface area contributed by atoms with E-state index in [0.717, 1.165) is 64.8 Å². The number of aromatic nitrogens is 4. The Bertz CT molecular complexity index is 929. The molecule has 0 amide bonds. The number of nitrogens with zero attached hydrogens (tertiary/aromatic N) is 5. The summed E-state index contributed by atoms with van der Waals surface area (Å²) in [5.74, 6) is 6.18. The molecule has 6 heteroatoms. The van der Waals surface area contributed by atoms with Gasteiger partial charge in [-0.2, -0.15) is 5.10 Å². The highest BCUT2D eigenvalue weighted by atomic mass is 15.3. The standard InChI is InChI=1S/C25H34N6/c1-16-11-27-30(2)25(16)23-5-6-24(29-28-23)26-12-18-9-21-14-31(15-22(21)10-18)13-20-8-17-3-4-19(20)7-17/h3-6,11,17-22H,7-10,12-15H2,1-2H3,(H,26,29)/t17?,18-,19?,20?,21-,22+. The number of anilines is 1. The van der Waals surface area contributed by atoms with Gasteiger partial charge in [0.1, 0.15) is 11.5 Å².